The summed E-state index contributed by atoms with van der Waals surface area (Å²) in [5.74, 6) is -0.665. The number of carbonyl (C=O) groups excluding carboxylic acids is 3. The summed E-state index contributed by atoms with van der Waals surface area (Å²) in [7, 11) is 3.51. The number of methoxy groups -OCH3 is 1. The maximum absolute atomic E-state index is 12.5. The van der Waals surface area contributed by atoms with Gasteiger partial charge >= 0.3 is 5.97 Å². The number of esters is 1. The Morgan fingerprint density at radius 3 is 2.36 bits per heavy atom. The Morgan fingerprint density at radius 2 is 1.76 bits per heavy atom. The van der Waals surface area contributed by atoms with Crippen LogP contribution in [0, 0.1) is 5.92 Å². The first kappa shape index (κ1) is 17.8. The van der Waals surface area contributed by atoms with Crippen molar-refractivity contribution in [3.63, 3.8) is 0 Å². The fourth-order valence-corrected chi connectivity index (χ4v) is 4.66. The van der Waals surface area contributed by atoms with Crippen LogP contribution in [-0.4, -0.2) is 48.7 Å². The molecular weight excluding hydrogens is 318 g/mol. The Labute approximate surface area is 148 Å². The largest absolute Gasteiger partial charge is 0.469 e. The molecule has 0 radical (unpaired) electrons. The molecule has 2 heterocycles. The van der Waals surface area contributed by atoms with E-state index in [0.717, 1.165) is 24.8 Å². The number of Topliss-reactive ketones (excluding diaryl/α,β-unsaturated/α-hetero) is 2. The quantitative estimate of drug-likeness (QED) is 0.621. The zero-order valence-electron chi connectivity index (χ0n) is 15.2. The lowest BCUT2D eigenvalue weighted by atomic mass is 9.75. The molecule has 1 aromatic rings. The third-order valence-electron chi connectivity index (χ3n) is 5.97. The summed E-state index contributed by atoms with van der Waals surface area (Å²) in [5, 5.41) is 0. The van der Waals surface area contributed by atoms with Crippen LogP contribution >= 0.6 is 0 Å². The zero-order chi connectivity index (χ0) is 18.3. The molecule has 0 amide bonds. The van der Waals surface area contributed by atoms with Crippen LogP contribution in [-0.2, 0) is 9.53 Å². The number of ketones is 2. The summed E-state index contributed by atoms with van der Waals surface area (Å²) in [6.45, 7) is 2.94. The van der Waals surface area contributed by atoms with Crippen LogP contribution < -0.4 is 0 Å². The van der Waals surface area contributed by atoms with Gasteiger partial charge in [0.2, 0.25) is 0 Å². The molecule has 134 valence electrons. The van der Waals surface area contributed by atoms with Crippen molar-refractivity contribution in [2.24, 2.45) is 5.92 Å². The first-order valence-corrected chi connectivity index (χ1v) is 8.80. The number of piperidine rings is 1. The standard InChI is InChI=1S/C20H25NO4/c1-11(22)15-7-5-13(9-16(15)12(2)23)17-10-14-6-8-18(21(14)3)19(17)20(24)25-4/h5,7,9,14,17-19H,6,8,10H2,1-4H3. The molecule has 2 aliphatic heterocycles. The molecule has 2 fully saturated rings. The first-order chi connectivity index (χ1) is 11.8. The van der Waals surface area contributed by atoms with Crippen LogP contribution in [0.25, 0.3) is 0 Å². The average molecular weight is 343 g/mol. The van der Waals surface area contributed by atoms with Crippen LogP contribution in [0.1, 0.15) is 65.3 Å². The number of benzene rings is 1. The van der Waals surface area contributed by atoms with Crippen molar-refractivity contribution < 1.29 is 19.1 Å². The fraction of sp³-hybridized carbons (Fsp3) is 0.550. The summed E-state index contributed by atoms with van der Waals surface area (Å²) in [6.07, 6.45) is 2.93. The fourth-order valence-electron chi connectivity index (χ4n) is 4.66. The molecule has 2 saturated heterocycles. The number of fused-ring (bicyclic) bond motifs is 2. The number of hydrogen-bond acceptors (Lipinski definition) is 5. The van der Waals surface area contributed by atoms with Gasteiger partial charge in [0, 0.05) is 29.1 Å². The van der Waals surface area contributed by atoms with Crippen molar-refractivity contribution in [3.05, 3.63) is 34.9 Å². The molecular formula is C20H25NO4. The van der Waals surface area contributed by atoms with E-state index in [9.17, 15) is 14.4 Å². The van der Waals surface area contributed by atoms with E-state index < -0.39 is 0 Å². The van der Waals surface area contributed by atoms with E-state index >= 15 is 0 Å². The van der Waals surface area contributed by atoms with Gasteiger partial charge in [-0.3, -0.25) is 19.3 Å². The maximum Gasteiger partial charge on any atom is 0.310 e. The average Bonchev–Trinajstić information content (AvgIpc) is 2.82. The van der Waals surface area contributed by atoms with Gasteiger partial charge in [-0.05, 0) is 51.8 Å². The second-order valence-electron chi connectivity index (χ2n) is 7.27. The minimum absolute atomic E-state index is 0.0141. The summed E-state index contributed by atoms with van der Waals surface area (Å²) in [6, 6.07) is 6.05. The van der Waals surface area contributed by atoms with Crippen LogP contribution in [0.4, 0.5) is 0 Å². The van der Waals surface area contributed by atoms with Gasteiger partial charge < -0.3 is 4.74 Å². The minimum atomic E-state index is -0.239. The Morgan fingerprint density at radius 1 is 1.08 bits per heavy atom. The Bertz CT molecular complexity index is 726. The van der Waals surface area contributed by atoms with Crippen LogP contribution in [0.5, 0.6) is 0 Å². The predicted octanol–water partition coefficient (Wildman–Crippen LogP) is 2.83. The molecule has 5 heteroatoms. The highest BCUT2D eigenvalue weighted by atomic mass is 16.5. The Balaban J connectivity index is 2.04. The van der Waals surface area contributed by atoms with Gasteiger partial charge in [-0.25, -0.2) is 0 Å². The maximum atomic E-state index is 12.5. The molecule has 2 aliphatic rings. The third kappa shape index (κ3) is 3.01. The monoisotopic (exact) mass is 343 g/mol. The summed E-state index contributed by atoms with van der Waals surface area (Å²) < 4.78 is 5.09. The first-order valence-electron chi connectivity index (χ1n) is 8.80. The minimum Gasteiger partial charge on any atom is -0.469 e. The number of ether oxygens (including phenoxy) is 1. The highest BCUT2D eigenvalue weighted by molar-refractivity contribution is 6.07. The smallest absolute Gasteiger partial charge is 0.310 e. The Kier molecular flexibility index (Phi) is 4.78. The van der Waals surface area contributed by atoms with E-state index in [1.165, 1.54) is 21.0 Å². The molecule has 4 unspecified atom stereocenters. The summed E-state index contributed by atoms with van der Waals surface area (Å²) >= 11 is 0. The van der Waals surface area contributed by atoms with Crippen molar-refractivity contribution in [1.29, 1.82) is 0 Å². The van der Waals surface area contributed by atoms with E-state index in [1.54, 1.807) is 6.07 Å². The van der Waals surface area contributed by atoms with Crippen LogP contribution in [0.15, 0.2) is 18.2 Å². The number of rotatable bonds is 4. The molecule has 5 nitrogen and oxygen atoms in total. The van der Waals surface area contributed by atoms with E-state index in [4.69, 9.17) is 4.74 Å². The molecule has 2 bridgehead atoms. The summed E-state index contributed by atoms with van der Waals surface area (Å²) in [5.41, 5.74) is 1.84. The topological polar surface area (TPSA) is 63.7 Å². The van der Waals surface area contributed by atoms with Crippen molar-refractivity contribution in [2.45, 2.75) is 51.1 Å². The second-order valence-corrected chi connectivity index (χ2v) is 7.27. The zero-order valence-corrected chi connectivity index (χ0v) is 15.2. The molecule has 0 aliphatic carbocycles. The van der Waals surface area contributed by atoms with Gasteiger partial charge in [0.15, 0.2) is 11.6 Å². The number of nitrogens with zero attached hydrogens (tertiary/aromatic N) is 1. The highest BCUT2D eigenvalue weighted by Gasteiger charge is 2.49. The van der Waals surface area contributed by atoms with Crippen LogP contribution in [0.3, 0.4) is 0 Å². The predicted molar refractivity (Wildman–Crippen MR) is 93.9 cm³/mol. The molecule has 0 saturated carbocycles. The van der Waals surface area contributed by atoms with E-state index in [2.05, 4.69) is 11.9 Å². The molecule has 0 N–H and O–H groups in total. The van der Waals surface area contributed by atoms with Gasteiger partial charge in [-0.2, -0.15) is 0 Å². The molecule has 0 spiro atoms. The molecule has 0 aromatic heterocycles. The van der Waals surface area contributed by atoms with Crippen LogP contribution in [0.2, 0.25) is 0 Å². The van der Waals surface area contributed by atoms with Gasteiger partial charge in [0.25, 0.3) is 0 Å². The van der Waals surface area contributed by atoms with E-state index in [0.29, 0.717) is 17.2 Å². The molecule has 25 heavy (non-hydrogen) atoms. The second kappa shape index (κ2) is 6.71. The molecule has 4 atom stereocenters. The lowest BCUT2D eigenvalue weighted by Crippen LogP contribution is -2.49. The van der Waals surface area contributed by atoms with E-state index in [1.807, 2.05) is 12.1 Å². The van der Waals surface area contributed by atoms with Crippen molar-refractivity contribution in [1.82, 2.24) is 4.90 Å². The van der Waals surface area contributed by atoms with Crippen molar-refractivity contribution >= 4 is 17.5 Å². The Hall–Kier alpha value is -2.01. The van der Waals surface area contributed by atoms with Gasteiger partial charge in [-0.1, -0.05) is 12.1 Å². The number of carbonyl (C=O) groups is 3. The van der Waals surface area contributed by atoms with Gasteiger partial charge in [0.05, 0.1) is 13.0 Å². The van der Waals surface area contributed by atoms with Gasteiger partial charge in [0.1, 0.15) is 0 Å². The SMILES string of the molecule is COC(=O)C1C(c2ccc(C(C)=O)c(C(C)=O)c2)CC2CCC1N2C. The number of hydrogen-bond donors (Lipinski definition) is 0. The van der Waals surface area contributed by atoms with Crippen molar-refractivity contribution in [2.75, 3.05) is 14.2 Å². The van der Waals surface area contributed by atoms with E-state index in [-0.39, 0.29) is 35.4 Å². The lowest BCUT2D eigenvalue weighted by Gasteiger charge is -2.41. The molecule has 1 aromatic carbocycles. The normalized spacial score (nSPS) is 28.6. The third-order valence-corrected chi connectivity index (χ3v) is 5.97. The molecule has 3 rings (SSSR count). The van der Waals surface area contributed by atoms with Crippen molar-refractivity contribution in [3.8, 4) is 0 Å². The van der Waals surface area contributed by atoms with Gasteiger partial charge in [-0.15, -0.1) is 0 Å². The lowest BCUT2D eigenvalue weighted by molar-refractivity contribution is -0.150. The highest BCUT2D eigenvalue weighted by Crippen LogP contribution is 2.46. The summed E-state index contributed by atoms with van der Waals surface area (Å²) in [4.78, 5) is 38.6.